The number of anilines is 1. The molecule has 0 saturated carbocycles. The van der Waals surface area contributed by atoms with Crippen LogP contribution in [0, 0.1) is 0 Å². The van der Waals surface area contributed by atoms with Crippen LogP contribution < -0.4 is 5.32 Å². The van der Waals surface area contributed by atoms with E-state index in [0.29, 0.717) is 5.69 Å². The van der Waals surface area contributed by atoms with Crippen LogP contribution in [0.1, 0.15) is 13.3 Å². The maximum atomic E-state index is 11.5. The van der Waals surface area contributed by atoms with Crippen molar-refractivity contribution in [2.45, 2.75) is 13.3 Å². The largest absolute Gasteiger partial charge is 0.326 e. The van der Waals surface area contributed by atoms with Gasteiger partial charge in [0, 0.05) is 23.8 Å². The number of ketones is 1. The van der Waals surface area contributed by atoms with Gasteiger partial charge in [-0.15, -0.1) is 0 Å². The fourth-order valence-electron chi connectivity index (χ4n) is 1.59. The molecule has 0 spiro atoms. The van der Waals surface area contributed by atoms with Crippen LogP contribution in [0.25, 0.3) is 5.69 Å². The molecule has 1 amide bonds. The summed E-state index contributed by atoms with van der Waals surface area (Å²) < 4.78 is 1.83. The number of hydrogen-bond donors (Lipinski definition) is 1. The topological polar surface area (TPSA) is 64.0 Å². The Bertz CT molecular complexity index is 561. The van der Waals surface area contributed by atoms with Gasteiger partial charge in [0.15, 0.2) is 0 Å². The third-order valence-electron chi connectivity index (χ3n) is 2.34. The van der Waals surface area contributed by atoms with Crippen molar-refractivity contribution >= 4 is 17.4 Å². The molecule has 92 valence electrons. The number of aromatic nitrogens is 2. The summed E-state index contributed by atoms with van der Waals surface area (Å²) in [4.78, 5) is 26.3. The molecule has 0 aliphatic heterocycles. The summed E-state index contributed by atoms with van der Waals surface area (Å²) in [5.74, 6) is -0.455. The molecule has 2 rings (SSSR count). The Hall–Kier alpha value is -2.43. The lowest BCUT2D eigenvalue weighted by atomic mass is 10.2. The van der Waals surface area contributed by atoms with Crippen LogP contribution in [-0.4, -0.2) is 21.2 Å². The van der Waals surface area contributed by atoms with E-state index in [2.05, 4.69) is 10.3 Å². The van der Waals surface area contributed by atoms with Crippen LogP contribution >= 0.6 is 0 Å². The van der Waals surface area contributed by atoms with Crippen molar-refractivity contribution in [3.05, 3.63) is 43.0 Å². The second-order valence-corrected chi connectivity index (χ2v) is 3.95. The lowest BCUT2D eigenvalue weighted by Gasteiger charge is -2.07. The summed E-state index contributed by atoms with van der Waals surface area (Å²) in [6.45, 7) is 1.39. The molecule has 0 unspecified atom stereocenters. The standard InChI is InChI=1S/C13H13N3O2/c1-10(17)7-13(18)15-11-3-2-4-12(8-11)16-6-5-14-9-16/h2-6,8-9H,7H2,1H3,(H,15,18). The van der Waals surface area contributed by atoms with Gasteiger partial charge in [0.1, 0.15) is 5.78 Å². The number of nitrogens with one attached hydrogen (secondary N) is 1. The molecule has 1 heterocycles. The average Bonchev–Trinajstić information content (AvgIpc) is 2.81. The zero-order valence-electron chi connectivity index (χ0n) is 9.96. The van der Waals surface area contributed by atoms with Gasteiger partial charge in [0.25, 0.3) is 0 Å². The van der Waals surface area contributed by atoms with Crippen LogP contribution in [-0.2, 0) is 9.59 Å². The molecule has 1 N–H and O–H groups in total. The molecule has 1 aromatic carbocycles. The molecule has 18 heavy (non-hydrogen) atoms. The van der Waals surface area contributed by atoms with Gasteiger partial charge in [0.2, 0.25) is 5.91 Å². The summed E-state index contributed by atoms with van der Waals surface area (Å²) in [5.41, 5.74) is 1.56. The molecule has 5 nitrogen and oxygen atoms in total. The number of carbonyl (C=O) groups excluding carboxylic acids is 2. The smallest absolute Gasteiger partial charge is 0.231 e. The summed E-state index contributed by atoms with van der Waals surface area (Å²) in [5, 5.41) is 2.68. The SMILES string of the molecule is CC(=O)CC(=O)Nc1cccc(-n2ccnc2)c1. The minimum absolute atomic E-state index is 0.102. The van der Waals surface area contributed by atoms with E-state index in [1.807, 2.05) is 29.0 Å². The molecular formula is C13H13N3O2. The highest BCUT2D eigenvalue weighted by Gasteiger charge is 2.06. The van der Waals surface area contributed by atoms with Crippen molar-refractivity contribution in [2.24, 2.45) is 0 Å². The monoisotopic (exact) mass is 243 g/mol. The van der Waals surface area contributed by atoms with Crippen LogP contribution in [0.4, 0.5) is 5.69 Å². The average molecular weight is 243 g/mol. The molecule has 0 atom stereocenters. The molecule has 0 radical (unpaired) electrons. The maximum Gasteiger partial charge on any atom is 0.231 e. The molecule has 0 fully saturated rings. The molecular weight excluding hydrogens is 230 g/mol. The molecule has 1 aromatic heterocycles. The minimum Gasteiger partial charge on any atom is -0.326 e. The molecule has 0 aliphatic rings. The van der Waals surface area contributed by atoms with E-state index in [9.17, 15) is 9.59 Å². The van der Waals surface area contributed by atoms with E-state index >= 15 is 0 Å². The Kier molecular flexibility index (Phi) is 3.52. The first kappa shape index (κ1) is 12.0. The highest BCUT2D eigenvalue weighted by molar-refractivity contribution is 6.03. The molecule has 0 aliphatic carbocycles. The molecule has 0 saturated heterocycles. The molecule has 2 aromatic rings. The number of imidazole rings is 1. The van der Waals surface area contributed by atoms with Crippen molar-refractivity contribution in [3.8, 4) is 5.69 Å². The lowest BCUT2D eigenvalue weighted by molar-refractivity contribution is -0.124. The van der Waals surface area contributed by atoms with Gasteiger partial charge in [-0.3, -0.25) is 9.59 Å². The first-order valence-electron chi connectivity index (χ1n) is 5.53. The Morgan fingerprint density at radius 2 is 2.22 bits per heavy atom. The van der Waals surface area contributed by atoms with E-state index < -0.39 is 0 Å². The van der Waals surface area contributed by atoms with Crippen molar-refractivity contribution < 1.29 is 9.59 Å². The number of amides is 1. The second kappa shape index (κ2) is 5.27. The van der Waals surface area contributed by atoms with Crippen molar-refractivity contribution in [3.63, 3.8) is 0 Å². The van der Waals surface area contributed by atoms with E-state index in [1.165, 1.54) is 6.92 Å². The van der Waals surface area contributed by atoms with E-state index in [-0.39, 0.29) is 18.1 Å². The Labute approximate surface area is 104 Å². The number of benzene rings is 1. The van der Waals surface area contributed by atoms with Gasteiger partial charge < -0.3 is 9.88 Å². The van der Waals surface area contributed by atoms with Crippen molar-refractivity contribution in [1.82, 2.24) is 9.55 Å². The number of rotatable bonds is 4. The Morgan fingerprint density at radius 3 is 2.89 bits per heavy atom. The van der Waals surface area contributed by atoms with Crippen LogP contribution in [0.5, 0.6) is 0 Å². The number of carbonyl (C=O) groups is 2. The highest BCUT2D eigenvalue weighted by atomic mass is 16.2. The van der Waals surface area contributed by atoms with Crippen LogP contribution in [0.15, 0.2) is 43.0 Å². The third-order valence-corrected chi connectivity index (χ3v) is 2.34. The number of Topliss-reactive ketones (excluding diaryl/α,β-unsaturated/α-hetero) is 1. The third kappa shape index (κ3) is 3.04. The van der Waals surface area contributed by atoms with Gasteiger partial charge in [-0.05, 0) is 25.1 Å². The van der Waals surface area contributed by atoms with E-state index in [1.54, 1.807) is 18.6 Å². The fraction of sp³-hybridized carbons (Fsp3) is 0.154. The number of nitrogens with zero attached hydrogens (tertiary/aromatic N) is 2. The highest BCUT2D eigenvalue weighted by Crippen LogP contribution is 2.14. The van der Waals surface area contributed by atoms with Gasteiger partial charge >= 0.3 is 0 Å². The predicted molar refractivity (Wildman–Crippen MR) is 67.5 cm³/mol. The quantitative estimate of drug-likeness (QED) is 0.832. The van der Waals surface area contributed by atoms with Crippen molar-refractivity contribution in [1.29, 1.82) is 0 Å². The van der Waals surface area contributed by atoms with Crippen LogP contribution in [0.2, 0.25) is 0 Å². The first-order chi connectivity index (χ1) is 8.65. The maximum absolute atomic E-state index is 11.5. The zero-order chi connectivity index (χ0) is 13.0. The van der Waals surface area contributed by atoms with Crippen LogP contribution in [0.3, 0.4) is 0 Å². The summed E-state index contributed by atoms with van der Waals surface area (Å²) in [6, 6.07) is 7.33. The zero-order valence-corrected chi connectivity index (χ0v) is 9.96. The van der Waals surface area contributed by atoms with Gasteiger partial charge in [-0.25, -0.2) is 4.98 Å². The van der Waals surface area contributed by atoms with Crippen molar-refractivity contribution in [2.75, 3.05) is 5.32 Å². The van der Waals surface area contributed by atoms with E-state index in [0.717, 1.165) is 5.69 Å². The number of hydrogen-bond acceptors (Lipinski definition) is 3. The Morgan fingerprint density at radius 1 is 1.39 bits per heavy atom. The fourth-order valence-corrected chi connectivity index (χ4v) is 1.59. The minimum atomic E-state index is -0.301. The molecule has 5 heteroatoms. The Balaban J connectivity index is 2.13. The first-order valence-corrected chi connectivity index (χ1v) is 5.53. The van der Waals surface area contributed by atoms with Gasteiger partial charge in [-0.1, -0.05) is 6.07 Å². The summed E-state index contributed by atoms with van der Waals surface area (Å²) in [6.07, 6.45) is 5.07. The second-order valence-electron chi connectivity index (χ2n) is 3.95. The predicted octanol–water partition coefficient (Wildman–Crippen LogP) is 1.79. The summed E-state index contributed by atoms with van der Waals surface area (Å²) >= 11 is 0. The summed E-state index contributed by atoms with van der Waals surface area (Å²) in [7, 11) is 0. The normalized spacial score (nSPS) is 10.1. The lowest BCUT2D eigenvalue weighted by Crippen LogP contribution is -2.14. The van der Waals surface area contributed by atoms with E-state index in [4.69, 9.17) is 0 Å². The van der Waals surface area contributed by atoms with Gasteiger partial charge in [-0.2, -0.15) is 0 Å². The van der Waals surface area contributed by atoms with Gasteiger partial charge in [0.05, 0.1) is 12.7 Å². The molecule has 0 bridgehead atoms.